The summed E-state index contributed by atoms with van der Waals surface area (Å²) in [6.45, 7) is 10.0. The van der Waals surface area contributed by atoms with Gasteiger partial charge in [0.1, 0.15) is 0 Å². The molecule has 0 aromatic heterocycles. The van der Waals surface area contributed by atoms with Gasteiger partial charge in [0.25, 0.3) is 0 Å². The Morgan fingerprint density at radius 1 is 1.12 bits per heavy atom. The summed E-state index contributed by atoms with van der Waals surface area (Å²) in [5.41, 5.74) is 2.39. The van der Waals surface area contributed by atoms with Crippen molar-refractivity contribution in [2.24, 2.45) is 11.8 Å². The third kappa shape index (κ3) is 2.07. The van der Waals surface area contributed by atoms with E-state index in [0.717, 1.165) is 11.8 Å². The molecule has 4 atom stereocenters. The fourth-order valence-electron chi connectivity index (χ4n) is 4.68. The molecule has 1 saturated heterocycles. The van der Waals surface area contributed by atoms with E-state index in [1.807, 2.05) is 0 Å². The van der Waals surface area contributed by atoms with Gasteiger partial charge in [0.05, 0.1) is 0 Å². The second kappa shape index (κ2) is 4.97. The zero-order valence-corrected chi connectivity index (χ0v) is 12.8. The van der Waals surface area contributed by atoms with Crippen molar-refractivity contribution in [1.29, 1.82) is 0 Å². The maximum atomic E-state index is 2.73. The van der Waals surface area contributed by atoms with E-state index in [1.165, 1.54) is 30.6 Å². The summed E-state index contributed by atoms with van der Waals surface area (Å²) in [5.74, 6) is 2.17. The summed E-state index contributed by atoms with van der Waals surface area (Å²) in [6, 6.07) is 0. The molecule has 16 heavy (non-hydrogen) atoms. The first-order chi connectivity index (χ1) is 7.61. The van der Waals surface area contributed by atoms with E-state index in [0.29, 0.717) is 0 Å². The van der Waals surface area contributed by atoms with Gasteiger partial charge in [-0.3, -0.25) is 0 Å². The SMILES string of the molecule is CCCC1CC(C2CCC(C)C2)[PH]1(C)CC. The summed E-state index contributed by atoms with van der Waals surface area (Å²) in [7, 11) is -0.845. The molecule has 0 nitrogen and oxygen atoms in total. The van der Waals surface area contributed by atoms with Crippen LogP contribution in [0.15, 0.2) is 0 Å². The van der Waals surface area contributed by atoms with E-state index in [1.54, 1.807) is 25.4 Å². The molecule has 1 aliphatic carbocycles. The second-order valence-corrected chi connectivity index (χ2v) is 12.1. The molecule has 0 amide bonds. The van der Waals surface area contributed by atoms with Gasteiger partial charge in [0, 0.05) is 0 Å². The summed E-state index contributed by atoms with van der Waals surface area (Å²) in [6.07, 6.45) is 10.8. The zero-order valence-electron chi connectivity index (χ0n) is 11.8. The topological polar surface area (TPSA) is 0 Å². The molecule has 2 rings (SSSR count). The average molecular weight is 242 g/mol. The molecule has 0 spiro atoms. The van der Waals surface area contributed by atoms with Crippen molar-refractivity contribution in [2.45, 2.75) is 70.6 Å². The number of rotatable bonds is 4. The molecule has 0 bridgehead atoms. The zero-order chi connectivity index (χ0) is 11.8. The van der Waals surface area contributed by atoms with Gasteiger partial charge in [-0.05, 0) is 0 Å². The molecule has 4 unspecified atom stereocenters. The van der Waals surface area contributed by atoms with E-state index in [9.17, 15) is 0 Å². The van der Waals surface area contributed by atoms with Crippen LogP contribution in [0.2, 0.25) is 0 Å². The predicted octanol–water partition coefficient (Wildman–Crippen LogP) is 4.76. The molecule has 2 aliphatic rings. The van der Waals surface area contributed by atoms with Crippen molar-refractivity contribution in [3.05, 3.63) is 0 Å². The average Bonchev–Trinajstić information content (AvgIpc) is 2.68. The first-order valence-corrected chi connectivity index (χ1v) is 10.5. The van der Waals surface area contributed by atoms with E-state index >= 15 is 0 Å². The fraction of sp³-hybridized carbons (Fsp3) is 1.00. The molecule has 96 valence electrons. The molecule has 0 aromatic carbocycles. The Kier molecular flexibility index (Phi) is 4.00. The third-order valence-corrected chi connectivity index (χ3v) is 12.3. The molecular formula is C15H31P. The van der Waals surface area contributed by atoms with E-state index in [-0.39, 0.29) is 0 Å². The summed E-state index contributed by atoms with van der Waals surface area (Å²) < 4.78 is 0. The van der Waals surface area contributed by atoms with Crippen LogP contribution in [0.3, 0.4) is 0 Å². The van der Waals surface area contributed by atoms with Crippen LogP contribution in [0, 0.1) is 11.8 Å². The number of hydrogen-bond donors (Lipinski definition) is 0. The summed E-state index contributed by atoms with van der Waals surface area (Å²) in [5, 5.41) is 0. The molecule has 0 aromatic rings. The van der Waals surface area contributed by atoms with Crippen LogP contribution in [0.5, 0.6) is 0 Å². The quantitative estimate of drug-likeness (QED) is 0.623. The van der Waals surface area contributed by atoms with Crippen molar-refractivity contribution >= 4 is 7.26 Å². The van der Waals surface area contributed by atoms with Crippen LogP contribution >= 0.6 is 7.26 Å². The van der Waals surface area contributed by atoms with Crippen LogP contribution in [0.4, 0.5) is 0 Å². The second-order valence-electron chi connectivity index (χ2n) is 6.87. The third-order valence-electron chi connectivity index (χ3n) is 6.02. The Morgan fingerprint density at radius 3 is 2.38 bits per heavy atom. The van der Waals surface area contributed by atoms with Gasteiger partial charge >= 0.3 is 103 Å². The maximum absolute atomic E-state index is 2.73. The predicted molar refractivity (Wildman–Crippen MR) is 78.4 cm³/mol. The molecule has 1 heteroatoms. The van der Waals surface area contributed by atoms with E-state index < -0.39 is 7.26 Å². The molecule has 0 N–H and O–H groups in total. The fourth-order valence-corrected chi connectivity index (χ4v) is 9.89. The molecule has 1 aliphatic heterocycles. The summed E-state index contributed by atoms with van der Waals surface area (Å²) in [4.78, 5) is 0. The first-order valence-electron chi connectivity index (χ1n) is 7.61. The van der Waals surface area contributed by atoms with Crippen molar-refractivity contribution in [3.63, 3.8) is 0 Å². The molecule has 2 fully saturated rings. The molecule has 0 radical (unpaired) electrons. The van der Waals surface area contributed by atoms with Crippen LogP contribution < -0.4 is 0 Å². The monoisotopic (exact) mass is 242 g/mol. The van der Waals surface area contributed by atoms with Crippen molar-refractivity contribution < 1.29 is 0 Å². The molecule has 1 heterocycles. The standard InChI is InChI=1S/C15H31P/c1-5-7-14-11-15(16(14,4)6-2)13-9-8-12(3)10-13/h12-16H,5-11H2,1-4H3. The van der Waals surface area contributed by atoms with E-state index in [2.05, 4.69) is 27.4 Å². The van der Waals surface area contributed by atoms with Gasteiger partial charge in [-0.15, -0.1) is 0 Å². The normalized spacial score (nSPS) is 44.0. The minimum absolute atomic E-state index is 0.845. The van der Waals surface area contributed by atoms with Crippen LogP contribution in [0.1, 0.15) is 59.3 Å². The molecular weight excluding hydrogens is 211 g/mol. The Balaban J connectivity index is 1.97. The van der Waals surface area contributed by atoms with Crippen LogP contribution in [-0.2, 0) is 0 Å². The van der Waals surface area contributed by atoms with Gasteiger partial charge < -0.3 is 0 Å². The Morgan fingerprint density at radius 2 is 1.88 bits per heavy atom. The minimum atomic E-state index is -0.845. The first kappa shape index (κ1) is 12.9. The van der Waals surface area contributed by atoms with Gasteiger partial charge in [0.2, 0.25) is 0 Å². The molecule has 1 saturated carbocycles. The van der Waals surface area contributed by atoms with Crippen LogP contribution in [0.25, 0.3) is 0 Å². The summed E-state index contributed by atoms with van der Waals surface area (Å²) >= 11 is 0. The van der Waals surface area contributed by atoms with Crippen molar-refractivity contribution in [1.82, 2.24) is 0 Å². The van der Waals surface area contributed by atoms with Crippen molar-refractivity contribution in [2.75, 3.05) is 12.8 Å². The van der Waals surface area contributed by atoms with Crippen molar-refractivity contribution in [3.8, 4) is 0 Å². The van der Waals surface area contributed by atoms with Crippen LogP contribution in [-0.4, -0.2) is 24.1 Å². The Hall–Kier alpha value is 0.430. The van der Waals surface area contributed by atoms with Gasteiger partial charge in [0.15, 0.2) is 0 Å². The Bertz CT molecular complexity index is 238. The number of hydrogen-bond acceptors (Lipinski definition) is 0. The van der Waals surface area contributed by atoms with Gasteiger partial charge in [-0.2, -0.15) is 0 Å². The van der Waals surface area contributed by atoms with E-state index in [4.69, 9.17) is 0 Å². The van der Waals surface area contributed by atoms with Gasteiger partial charge in [-0.25, -0.2) is 0 Å². The van der Waals surface area contributed by atoms with Gasteiger partial charge in [-0.1, -0.05) is 0 Å². The Labute approximate surface area is 103 Å².